The van der Waals surface area contributed by atoms with Crippen LogP contribution in [-0.2, 0) is 0 Å². The van der Waals surface area contributed by atoms with Gasteiger partial charge in [-0.05, 0) is 25.3 Å². The summed E-state index contributed by atoms with van der Waals surface area (Å²) >= 11 is 0. The summed E-state index contributed by atoms with van der Waals surface area (Å²) in [7, 11) is 0. The van der Waals surface area contributed by atoms with Crippen molar-refractivity contribution in [1.29, 1.82) is 0 Å². The molecule has 114 valence electrons. The smallest absolute Gasteiger partial charge is 0.294 e. The quantitative estimate of drug-likeness (QED) is 0.406. The Morgan fingerprint density at radius 2 is 2.24 bits per heavy atom. The minimum atomic E-state index is -0.592. The number of aliphatic hydroxyl groups excluding tert-OH is 1. The molecule has 1 aliphatic rings. The van der Waals surface area contributed by atoms with Gasteiger partial charge < -0.3 is 15.4 Å². The van der Waals surface area contributed by atoms with Crippen LogP contribution >= 0.6 is 0 Å². The Hall–Kier alpha value is -2.19. The van der Waals surface area contributed by atoms with Crippen LogP contribution in [0.3, 0.4) is 0 Å². The molecular weight excluding hydrogens is 276 g/mol. The fourth-order valence-electron chi connectivity index (χ4n) is 2.43. The highest BCUT2D eigenvalue weighted by molar-refractivity contribution is 6.01. The van der Waals surface area contributed by atoms with Crippen LogP contribution in [0.25, 0.3) is 0 Å². The van der Waals surface area contributed by atoms with Gasteiger partial charge in [0, 0.05) is 18.7 Å². The lowest BCUT2D eigenvalue weighted by atomic mass is 9.91. The van der Waals surface area contributed by atoms with E-state index in [-0.39, 0.29) is 42.0 Å². The highest BCUT2D eigenvalue weighted by Gasteiger charge is 2.31. The van der Waals surface area contributed by atoms with Crippen molar-refractivity contribution in [3.8, 4) is 0 Å². The van der Waals surface area contributed by atoms with Gasteiger partial charge in [0.1, 0.15) is 5.69 Å². The zero-order chi connectivity index (χ0) is 15.4. The average Bonchev–Trinajstić information content (AvgIpc) is 2.43. The SMILES string of the molecule is NNc1c(C(=O)N(CCO)C2CCC2)cccc1[N+](=O)[O-]. The first-order chi connectivity index (χ1) is 10.1. The molecule has 2 rings (SSSR count). The Bertz CT molecular complexity index is 545. The number of carbonyl (C=O) groups excluding carboxylic acids is 1. The first-order valence-electron chi connectivity index (χ1n) is 6.76. The number of hydrogen-bond acceptors (Lipinski definition) is 6. The number of carbonyl (C=O) groups is 1. The summed E-state index contributed by atoms with van der Waals surface area (Å²) in [5.41, 5.74) is 2.14. The number of nitrogen functional groups attached to an aromatic ring is 1. The van der Waals surface area contributed by atoms with Crippen molar-refractivity contribution >= 4 is 17.3 Å². The lowest BCUT2D eigenvalue weighted by molar-refractivity contribution is -0.384. The largest absolute Gasteiger partial charge is 0.395 e. The molecule has 0 unspecified atom stereocenters. The van der Waals surface area contributed by atoms with Gasteiger partial charge in [0.15, 0.2) is 0 Å². The number of nitro benzene ring substituents is 1. The van der Waals surface area contributed by atoms with Gasteiger partial charge in [-0.3, -0.25) is 20.8 Å². The van der Waals surface area contributed by atoms with Gasteiger partial charge in [-0.2, -0.15) is 0 Å². The number of nitro groups is 1. The zero-order valence-corrected chi connectivity index (χ0v) is 11.5. The molecule has 0 heterocycles. The molecule has 0 bridgehead atoms. The minimum Gasteiger partial charge on any atom is -0.395 e. The molecule has 1 aromatic carbocycles. The number of rotatable bonds is 6. The standard InChI is InChI=1S/C13H18N4O4/c14-15-12-10(5-2-6-11(12)17(20)21)13(19)16(7-8-18)9-3-1-4-9/h2,5-6,9,15,18H,1,3-4,7-8,14H2. The number of benzene rings is 1. The van der Waals surface area contributed by atoms with Crippen molar-refractivity contribution in [1.82, 2.24) is 4.90 Å². The van der Waals surface area contributed by atoms with Crippen molar-refractivity contribution in [3.05, 3.63) is 33.9 Å². The lowest BCUT2D eigenvalue weighted by Crippen LogP contribution is -2.45. The molecule has 0 aromatic heterocycles. The minimum absolute atomic E-state index is 0.00485. The van der Waals surface area contributed by atoms with Crippen molar-refractivity contribution in [2.45, 2.75) is 25.3 Å². The molecule has 1 fully saturated rings. The monoisotopic (exact) mass is 294 g/mol. The summed E-state index contributed by atoms with van der Waals surface area (Å²) in [6.45, 7) is 0.0543. The van der Waals surface area contributed by atoms with E-state index in [0.717, 1.165) is 19.3 Å². The van der Waals surface area contributed by atoms with Gasteiger partial charge in [0.05, 0.1) is 17.1 Å². The maximum absolute atomic E-state index is 12.6. The van der Waals surface area contributed by atoms with Crippen molar-refractivity contribution in [2.75, 3.05) is 18.6 Å². The van der Waals surface area contributed by atoms with Crippen LogP contribution in [0.15, 0.2) is 18.2 Å². The fourth-order valence-corrected chi connectivity index (χ4v) is 2.43. The highest BCUT2D eigenvalue weighted by atomic mass is 16.6. The van der Waals surface area contributed by atoms with E-state index < -0.39 is 4.92 Å². The molecule has 1 aromatic rings. The second-order valence-corrected chi connectivity index (χ2v) is 4.91. The lowest BCUT2D eigenvalue weighted by Gasteiger charge is -2.37. The molecule has 8 nitrogen and oxygen atoms in total. The van der Waals surface area contributed by atoms with E-state index in [1.54, 1.807) is 4.90 Å². The predicted molar refractivity (Wildman–Crippen MR) is 76.7 cm³/mol. The molecule has 4 N–H and O–H groups in total. The molecule has 1 aliphatic carbocycles. The van der Waals surface area contributed by atoms with Gasteiger partial charge in [0.25, 0.3) is 11.6 Å². The van der Waals surface area contributed by atoms with Crippen LogP contribution in [0.2, 0.25) is 0 Å². The Morgan fingerprint density at radius 1 is 1.52 bits per heavy atom. The van der Waals surface area contributed by atoms with Gasteiger partial charge >= 0.3 is 0 Å². The van der Waals surface area contributed by atoms with E-state index in [4.69, 9.17) is 10.9 Å². The Kier molecular flexibility index (Phi) is 4.71. The Morgan fingerprint density at radius 3 is 2.71 bits per heavy atom. The van der Waals surface area contributed by atoms with Crippen molar-refractivity contribution in [2.24, 2.45) is 5.84 Å². The second-order valence-electron chi connectivity index (χ2n) is 4.91. The number of nitrogens with one attached hydrogen (secondary N) is 1. The molecule has 0 spiro atoms. The first-order valence-corrected chi connectivity index (χ1v) is 6.76. The van der Waals surface area contributed by atoms with Crippen LogP contribution in [0, 0.1) is 10.1 Å². The number of para-hydroxylation sites is 1. The molecule has 1 amide bonds. The van der Waals surface area contributed by atoms with Crippen LogP contribution in [0.1, 0.15) is 29.6 Å². The van der Waals surface area contributed by atoms with Crippen LogP contribution in [0.5, 0.6) is 0 Å². The third-order valence-corrected chi connectivity index (χ3v) is 3.73. The normalized spacial score (nSPS) is 14.4. The summed E-state index contributed by atoms with van der Waals surface area (Å²) in [5, 5.41) is 20.1. The summed E-state index contributed by atoms with van der Waals surface area (Å²) in [6.07, 6.45) is 2.80. The van der Waals surface area contributed by atoms with E-state index in [1.807, 2.05) is 0 Å². The van der Waals surface area contributed by atoms with Crippen LogP contribution in [-0.4, -0.2) is 40.0 Å². The molecule has 0 aliphatic heterocycles. The number of anilines is 1. The summed E-state index contributed by atoms with van der Waals surface area (Å²) in [4.78, 5) is 24.6. The molecular formula is C13H18N4O4. The third kappa shape index (κ3) is 2.96. The predicted octanol–water partition coefficient (Wildman–Crippen LogP) is 0.867. The number of amides is 1. The molecule has 0 saturated heterocycles. The van der Waals surface area contributed by atoms with Crippen molar-refractivity contribution < 1.29 is 14.8 Å². The second kappa shape index (κ2) is 6.51. The van der Waals surface area contributed by atoms with E-state index in [9.17, 15) is 14.9 Å². The van der Waals surface area contributed by atoms with E-state index in [0.29, 0.717) is 0 Å². The van der Waals surface area contributed by atoms with E-state index >= 15 is 0 Å². The number of nitrogens with zero attached hydrogens (tertiary/aromatic N) is 2. The molecule has 0 atom stereocenters. The third-order valence-electron chi connectivity index (χ3n) is 3.73. The van der Waals surface area contributed by atoms with Crippen LogP contribution < -0.4 is 11.3 Å². The van der Waals surface area contributed by atoms with Gasteiger partial charge in [-0.15, -0.1) is 0 Å². The van der Waals surface area contributed by atoms with Gasteiger partial charge in [-0.25, -0.2) is 0 Å². The van der Waals surface area contributed by atoms with Crippen LogP contribution in [0.4, 0.5) is 11.4 Å². The van der Waals surface area contributed by atoms with E-state index in [2.05, 4.69) is 5.43 Å². The zero-order valence-electron chi connectivity index (χ0n) is 11.5. The number of nitrogens with two attached hydrogens (primary N) is 1. The van der Waals surface area contributed by atoms with Gasteiger partial charge in [0.2, 0.25) is 0 Å². The highest BCUT2D eigenvalue weighted by Crippen LogP contribution is 2.31. The van der Waals surface area contributed by atoms with E-state index in [1.165, 1.54) is 18.2 Å². The Labute approximate surface area is 121 Å². The molecule has 21 heavy (non-hydrogen) atoms. The fraction of sp³-hybridized carbons (Fsp3) is 0.462. The first kappa shape index (κ1) is 15.2. The summed E-state index contributed by atoms with van der Waals surface area (Å²) in [6, 6.07) is 4.30. The van der Waals surface area contributed by atoms with Gasteiger partial charge in [-0.1, -0.05) is 6.07 Å². The Balaban J connectivity index is 2.36. The molecule has 1 saturated carbocycles. The molecule has 8 heteroatoms. The molecule has 0 radical (unpaired) electrons. The number of hydrogen-bond donors (Lipinski definition) is 3. The van der Waals surface area contributed by atoms with Crippen molar-refractivity contribution in [3.63, 3.8) is 0 Å². The number of hydrazine groups is 1. The maximum atomic E-state index is 12.6. The topological polar surface area (TPSA) is 122 Å². The maximum Gasteiger partial charge on any atom is 0.294 e. The average molecular weight is 294 g/mol. The summed E-state index contributed by atoms with van der Waals surface area (Å²) < 4.78 is 0. The number of aliphatic hydroxyl groups is 1. The summed E-state index contributed by atoms with van der Waals surface area (Å²) in [5.74, 6) is 4.99.